The first kappa shape index (κ1) is 10.6. The van der Waals surface area contributed by atoms with E-state index < -0.39 is 6.10 Å². The molecule has 0 saturated heterocycles. The standard InChI is InChI=1S/C13H13NO2/c1-10(15)13-8-7-12(9-14-13)16-11-5-3-2-4-6-11/h2-10,15H,1H3/t10-/m0/s1. The van der Waals surface area contributed by atoms with Crippen LogP contribution in [0, 0.1) is 0 Å². The highest BCUT2D eigenvalue weighted by Crippen LogP contribution is 2.21. The number of nitrogens with zero attached hydrogens (tertiary/aromatic N) is 1. The summed E-state index contributed by atoms with van der Waals surface area (Å²) in [6, 6.07) is 13.1. The fourth-order valence-electron chi connectivity index (χ4n) is 1.32. The van der Waals surface area contributed by atoms with Crippen LogP contribution in [0.1, 0.15) is 18.7 Å². The largest absolute Gasteiger partial charge is 0.456 e. The van der Waals surface area contributed by atoms with Gasteiger partial charge in [-0.3, -0.25) is 4.98 Å². The second kappa shape index (κ2) is 4.77. The van der Waals surface area contributed by atoms with Crippen LogP contribution in [0.3, 0.4) is 0 Å². The summed E-state index contributed by atoms with van der Waals surface area (Å²) in [4.78, 5) is 4.10. The van der Waals surface area contributed by atoms with Crippen molar-refractivity contribution in [3.05, 3.63) is 54.4 Å². The molecule has 0 fully saturated rings. The van der Waals surface area contributed by atoms with Gasteiger partial charge in [-0.1, -0.05) is 18.2 Å². The lowest BCUT2D eigenvalue weighted by atomic mass is 10.2. The molecule has 1 atom stereocenters. The second-order valence-electron chi connectivity index (χ2n) is 3.51. The molecular formula is C13H13NO2. The normalized spacial score (nSPS) is 12.1. The number of aliphatic hydroxyl groups excluding tert-OH is 1. The number of pyridine rings is 1. The molecule has 3 heteroatoms. The van der Waals surface area contributed by atoms with E-state index >= 15 is 0 Å². The van der Waals surface area contributed by atoms with Gasteiger partial charge in [0, 0.05) is 0 Å². The van der Waals surface area contributed by atoms with Crippen LogP contribution in [0.15, 0.2) is 48.7 Å². The first-order chi connectivity index (χ1) is 7.75. The molecule has 2 rings (SSSR count). The maximum absolute atomic E-state index is 9.30. The van der Waals surface area contributed by atoms with E-state index in [-0.39, 0.29) is 0 Å². The molecule has 16 heavy (non-hydrogen) atoms. The van der Waals surface area contributed by atoms with Crippen molar-refractivity contribution in [3.63, 3.8) is 0 Å². The van der Waals surface area contributed by atoms with Gasteiger partial charge in [0.15, 0.2) is 0 Å². The van der Waals surface area contributed by atoms with Crippen molar-refractivity contribution in [1.82, 2.24) is 4.98 Å². The summed E-state index contributed by atoms with van der Waals surface area (Å²) < 4.78 is 5.57. The molecule has 0 aliphatic heterocycles. The Labute approximate surface area is 94.3 Å². The van der Waals surface area contributed by atoms with Crippen LogP contribution in [-0.2, 0) is 0 Å². The van der Waals surface area contributed by atoms with Crippen molar-refractivity contribution in [2.24, 2.45) is 0 Å². The molecule has 2 aromatic rings. The smallest absolute Gasteiger partial charge is 0.145 e. The molecule has 0 aliphatic rings. The molecule has 0 bridgehead atoms. The third-order valence-corrected chi connectivity index (χ3v) is 2.17. The molecule has 1 aromatic carbocycles. The minimum Gasteiger partial charge on any atom is -0.456 e. The topological polar surface area (TPSA) is 42.4 Å². The molecule has 1 aromatic heterocycles. The van der Waals surface area contributed by atoms with Crippen molar-refractivity contribution in [2.45, 2.75) is 13.0 Å². The number of rotatable bonds is 3. The summed E-state index contributed by atoms with van der Waals surface area (Å²) in [5.41, 5.74) is 0.639. The van der Waals surface area contributed by atoms with Crippen molar-refractivity contribution in [2.75, 3.05) is 0 Å². The Balaban J connectivity index is 2.11. The van der Waals surface area contributed by atoms with Gasteiger partial charge < -0.3 is 9.84 Å². The van der Waals surface area contributed by atoms with Crippen molar-refractivity contribution in [3.8, 4) is 11.5 Å². The van der Waals surface area contributed by atoms with Gasteiger partial charge in [0.1, 0.15) is 11.5 Å². The third-order valence-electron chi connectivity index (χ3n) is 2.17. The zero-order valence-electron chi connectivity index (χ0n) is 9.00. The van der Waals surface area contributed by atoms with Crippen LogP contribution in [0.4, 0.5) is 0 Å². The van der Waals surface area contributed by atoms with Gasteiger partial charge in [-0.15, -0.1) is 0 Å². The average Bonchev–Trinajstić information content (AvgIpc) is 2.31. The van der Waals surface area contributed by atoms with E-state index in [0.717, 1.165) is 5.75 Å². The van der Waals surface area contributed by atoms with E-state index in [1.807, 2.05) is 30.3 Å². The monoisotopic (exact) mass is 215 g/mol. The summed E-state index contributed by atoms with van der Waals surface area (Å²) in [5, 5.41) is 9.30. The molecule has 0 radical (unpaired) electrons. The van der Waals surface area contributed by atoms with Gasteiger partial charge in [0.25, 0.3) is 0 Å². The molecule has 0 aliphatic carbocycles. The van der Waals surface area contributed by atoms with E-state index in [9.17, 15) is 5.11 Å². The molecular weight excluding hydrogens is 202 g/mol. The first-order valence-corrected chi connectivity index (χ1v) is 5.12. The lowest BCUT2D eigenvalue weighted by molar-refractivity contribution is 0.194. The van der Waals surface area contributed by atoms with Crippen LogP contribution >= 0.6 is 0 Å². The summed E-state index contributed by atoms with van der Waals surface area (Å²) >= 11 is 0. The molecule has 0 spiro atoms. The predicted molar refractivity (Wildman–Crippen MR) is 61.4 cm³/mol. The molecule has 0 saturated carbocycles. The van der Waals surface area contributed by atoms with Crippen molar-refractivity contribution in [1.29, 1.82) is 0 Å². The Morgan fingerprint density at radius 3 is 2.38 bits per heavy atom. The maximum Gasteiger partial charge on any atom is 0.145 e. The summed E-state index contributed by atoms with van der Waals surface area (Å²) in [6.45, 7) is 1.68. The van der Waals surface area contributed by atoms with Gasteiger partial charge in [0.2, 0.25) is 0 Å². The van der Waals surface area contributed by atoms with Gasteiger partial charge in [-0.25, -0.2) is 0 Å². The summed E-state index contributed by atoms with van der Waals surface area (Å²) in [5.74, 6) is 1.43. The molecule has 0 amide bonds. The minimum absolute atomic E-state index is 0.550. The Morgan fingerprint density at radius 1 is 1.06 bits per heavy atom. The predicted octanol–water partition coefficient (Wildman–Crippen LogP) is 2.93. The highest BCUT2D eigenvalue weighted by Gasteiger charge is 2.02. The Morgan fingerprint density at radius 2 is 1.81 bits per heavy atom. The van der Waals surface area contributed by atoms with E-state index in [0.29, 0.717) is 11.4 Å². The average molecular weight is 215 g/mol. The zero-order valence-corrected chi connectivity index (χ0v) is 9.00. The summed E-state index contributed by atoms with van der Waals surface area (Å²) in [7, 11) is 0. The number of hydrogen-bond acceptors (Lipinski definition) is 3. The van der Waals surface area contributed by atoms with Crippen LogP contribution < -0.4 is 4.74 Å². The summed E-state index contributed by atoms with van der Waals surface area (Å²) in [6.07, 6.45) is 1.06. The number of benzene rings is 1. The number of hydrogen-bond donors (Lipinski definition) is 1. The number of aromatic nitrogens is 1. The number of aliphatic hydroxyl groups is 1. The van der Waals surface area contributed by atoms with E-state index in [1.165, 1.54) is 0 Å². The van der Waals surface area contributed by atoms with Crippen molar-refractivity contribution >= 4 is 0 Å². The molecule has 3 nitrogen and oxygen atoms in total. The number of para-hydroxylation sites is 1. The fraction of sp³-hybridized carbons (Fsp3) is 0.154. The Kier molecular flexibility index (Phi) is 3.17. The molecule has 82 valence electrons. The van der Waals surface area contributed by atoms with Crippen LogP contribution in [0.25, 0.3) is 0 Å². The highest BCUT2D eigenvalue weighted by atomic mass is 16.5. The lowest BCUT2D eigenvalue weighted by Gasteiger charge is -2.07. The molecule has 0 unspecified atom stereocenters. The minimum atomic E-state index is -0.550. The van der Waals surface area contributed by atoms with Gasteiger partial charge >= 0.3 is 0 Å². The van der Waals surface area contributed by atoms with Gasteiger partial charge in [0.05, 0.1) is 18.0 Å². The SMILES string of the molecule is C[C@H](O)c1ccc(Oc2ccccc2)cn1. The Hall–Kier alpha value is -1.87. The van der Waals surface area contributed by atoms with E-state index in [4.69, 9.17) is 4.74 Å². The van der Waals surface area contributed by atoms with E-state index in [1.54, 1.807) is 25.3 Å². The van der Waals surface area contributed by atoms with Gasteiger partial charge in [-0.2, -0.15) is 0 Å². The molecule has 1 N–H and O–H groups in total. The molecule has 1 heterocycles. The zero-order chi connectivity index (χ0) is 11.4. The van der Waals surface area contributed by atoms with E-state index in [2.05, 4.69) is 4.98 Å². The van der Waals surface area contributed by atoms with Crippen LogP contribution in [-0.4, -0.2) is 10.1 Å². The highest BCUT2D eigenvalue weighted by molar-refractivity contribution is 5.29. The third kappa shape index (κ3) is 2.58. The second-order valence-corrected chi connectivity index (χ2v) is 3.51. The number of ether oxygens (including phenoxy) is 1. The fourth-order valence-corrected chi connectivity index (χ4v) is 1.32. The first-order valence-electron chi connectivity index (χ1n) is 5.12. The van der Waals surface area contributed by atoms with Crippen LogP contribution in [0.5, 0.6) is 11.5 Å². The van der Waals surface area contributed by atoms with Gasteiger partial charge in [-0.05, 0) is 31.2 Å². The maximum atomic E-state index is 9.30. The quantitative estimate of drug-likeness (QED) is 0.855. The Bertz CT molecular complexity index is 437. The van der Waals surface area contributed by atoms with Crippen LogP contribution in [0.2, 0.25) is 0 Å². The lowest BCUT2D eigenvalue weighted by Crippen LogP contribution is -1.94. The van der Waals surface area contributed by atoms with Crippen molar-refractivity contribution < 1.29 is 9.84 Å².